The maximum Gasteiger partial charge on any atom is 0.410 e. The number of benzene rings is 1. The molecular formula is C18H23BrN4O2. The first-order valence-electron chi connectivity index (χ1n) is 8.42. The van der Waals surface area contributed by atoms with Crippen LogP contribution in [0.4, 0.5) is 10.6 Å². The number of nitrogens with zero attached hydrogens (tertiary/aromatic N) is 3. The predicted molar refractivity (Wildman–Crippen MR) is 101 cm³/mol. The Bertz CT molecular complexity index is 803. The lowest BCUT2D eigenvalue weighted by molar-refractivity contribution is 0.0198. The summed E-state index contributed by atoms with van der Waals surface area (Å²) in [5.74, 6) is 0.703. The first-order chi connectivity index (χ1) is 11.7. The number of nitrogen functional groups attached to an aromatic ring is 1. The summed E-state index contributed by atoms with van der Waals surface area (Å²) in [5, 5.41) is 0.835. The average Bonchev–Trinajstić information content (AvgIpc) is 2.54. The number of fused-ring (bicyclic) bond motifs is 1. The minimum Gasteiger partial charge on any atom is -0.444 e. The standard InChI is InChI=1S/C18H23BrN4O2/c1-18(2,3)25-17(24)23-6-4-5-11(9-23)12-7-13-15(14(19)8-12)21-10-22-16(13)20/h7-8,10-11H,4-6,9H2,1-3H3,(H2,20,21,22). The van der Waals surface area contributed by atoms with Crippen molar-refractivity contribution in [2.75, 3.05) is 18.8 Å². The molecule has 25 heavy (non-hydrogen) atoms. The molecule has 3 rings (SSSR count). The number of nitrogens with two attached hydrogens (primary N) is 1. The van der Waals surface area contributed by atoms with Crippen molar-refractivity contribution in [2.45, 2.75) is 45.1 Å². The van der Waals surface area contributed by atoms with Crippen LogP contribution in [0, 0.1) is 0 Å². The van der Waals surface area contributed by atoms with Gasteiger partial charge in [0.05, 0.1) is 5.52 Å². The summed E-state index contributed by atoms with van der Waals surface area (Å²) in [6.45, 7) is 7.02. The highest BCUT2D eigenvalue weighted by Gasteiger charge is 2.28. The second kappa shape index (κ2) is 6.78. The van der Waals surface area contributed by atoms with E-state index in [1.807, 2.05) is 26.8 Å². The van der Waals surface area contributed by atoms with Crippen LogP contribution in [0.5, 0.6) is 0 Å². The van der Waals surface area contributed by atoms with E-state index in [1.54, 1.807) is 4.90 Å². The third-order valence-electron chi connectivity index (χ3n) is 4.29. The van der Waals surface area contributed by atoms with Crippen molar-refractivity contribution in [3.05, 3.63) is 28.5 Å². The van der Waals surface area contributed by atoms with E-state index in [0.29, 0.717) is 12.4 Å². The third-order valence-corrected chi connectivity index (χ3v) is 4.89. The van der Waals surface area contributed by atoms with Gasteiger partial charge >= 0.3 is 6.09 Å². The Labute approximate surface area is 155 Å². The number of carbonyl (C=O) groups excluding carboxylic acids is 1. The molecule has 1 aliphatic heterocycles. The Hall–Kier alpha value is -1.89. The fraction of sp³-hybridized carbons (Fsp3) is 0.500. The Morgan fingerprint density at radius 1 is 1.36 bits per heavy atom. The van der Waals surface area contributed by atoms with Crippen LogP contribution in [0.2, 0.25) is 0 Å². The maximum atomic E-state index is 12.4. The number of likely N-dealkylation sites (tertiary alicyclic amines) is 1. The van der Waals surface area contributed by atoms with Gasteiger partial charge in [-0.1, -0.05) is 0 Å². The third kappa shape index (κ3) is 4.03. The molecule has 0 bridgehead atoms. The number of ether oxygens (including phenoxy) is 1. The second-order valence-corrected chi connectivity index (χ2v) is 8.28. The molecule has 1 saturated heterocycles. The van der Waals surface area contributed by atoms with Gasteiger partial charge in [-0.25, -0.2) is 14.8 Å². The SMILES string of the molecule is CC(C)(C)OC(=O)N1CCCC(c2cc(Br)c3ncnc(N)c3c2)C1. The van der Waals surface area contributed by atoms with Crippen molar-refractivity contribution in [2.24, 2.45) is 0 Å². The summed E-state index contributed by atoms with van der Waals surface area (Å²) in [5.41, 5.74) is 7.46. The normalized spacial score (nSPS) is 18.4. The molecule has 0 radical (unpaired) electrons. The molecule has 2 N–H and O–H groups in total. The van der Waals surface area contributed by atoms with Gasteiger partial charge in [-0.3, -0.25) is 0 Å². The molecule has 0 aliphatic carbocycles. The van der Waals surface area contributed by atoms with E-state index in [2.05, 4.69) is 32.0 Å². The molecule has 1 fully saturated rings. The molecular weight excluding hydrogens is 384 g/mol. The minimum absolute atomic E-state index is 0.238. The van der Waals surface area contributed by atoms with E-state index in [0.717, 1.165) is 40.3 Å². The van der Waals surface area contributed by atoms with Crippen LogP contribution in [-0.4, -0.2) is 39.7 Å². The molecule has 1 amide bonds. The van der Waals surface area contributed by atoms with E-state index < -0.39 is 5.60 Å². The molecule has 2 heterocycles. The predicted octanol–water partition coefficient (Wildman–Crippen LogP) is 4.09. The van der Waals surface area contributed by atoms with Crippen molar-refractivity contribution < 1.29 is 9.53 Å². The van der Waals surface area contributed by atoms with Gasteiger partial charge in [-0.2, -0.15) is 0 Å². The van der Waals surface area contributed by atoms with Crippen molar-refractivity contribution in [3.8, 4) is 0 Å². The van der Waals surface area contributed by atoms with Gasteiger partial charge in [0.1, 0.15) is 17.7 Å². The Morgan fingerprint density at radius 3 is 2.84 bits per heavy atom. The second-order valence-electron chi connectivity index (χ2n) is 7.42. The molecule has 0 saturated carbocycles. The smallest absolute Gasteiger partial charge is 0.410 e. The number of piperidine rings is 1. The van der Waals surface area contributed by atoms with Gasteiger partial charge < -0.3 is 15.4 Å². The highest BCUT2D eigenvalue weighted by molar-refractivity contribution is 9.10. The van der Waals surface area contributed by atoms with Gasteiger partial charge in [0.2, 0.25) is 0 Å². The first-order valence-corrected chi connectivity index (χ1v) is 9.21. The monoisotopic (exact) mass is 406 g/mol. The summed E-state index contributed by atoms with van der Waals surface area (Å²) < 4.78 is 6.40. The van der Waals surface area contributed by atoms with Crippen LogP contribution in [0.15, 0.2) is 22.9 Å². The van der Waals surface area contributed by atoms with E-state index in [-0.39, 0.29) is 12.0 Å². The lowest BCUT2D eigenvalue weighted by Gasteiger charge is -2.34. The molecule has 6 nitrogen and oxygen atoms in total. The van der Waals surface area contributed by atoms with Gasteiger partial charge in [-0.15, -0.1) is 0 Å². The lowest BCUT2D eigenvalue weighted by atomic mass is 9.90. The molecule has 1 aromatic heterocycles. The number of hydrogen-bond donors (Lipinski definition) is 1. The van der Waals surface area contributed by atoms with Crippen molar-refractivity contribution >= 4 is 38.7 Å². The highest BCUT2D eigenvalue weighted by Crippen LogP contribution is 2.34. The van der Waals surface area contributed by atoms with E-state index >= 15 is 0 Å². The lowest BCUT2D eigenvalue weighted by Crippen LogP contribution is -2.42. The van der Waals surface area contributed by atoms with Crippen LogP contribution in [0.3, 0.4) is 0 Å². The number of amides is 1. The van der Waals surface area contributed by atoms with Crippen LogP contribution >= 0.6 is 15.9 Å². The van der Waals surface area contributed by atoms with E-state index in [9.17, 15) is 4.79 Å². The average molecular weight is 407 g/mol. The van der Waals surface area contributed by atoms with Crippen molar-refractivity contribution in [1.82, 2.24) is 14.9 Å². The van der Waals surface area contributed by atoms with Crippen molar-refractivity contribution in [3.63, 3.8) is 0 Å². The zero-order valence-electron chi connectivity index (χ0n) is 14.8. The first kappa shape index (κ1) is 17.9. The van der Waals surface area contributed by atoms with Gasteiger partial charge in [0.15, 0.2) is 0 Å². The quantitative estimate of drug-likeness (QED) is 0.770. The zero-order valence-corrected chi connectivity index (χ0v) is 16.3. The number of rotatable bonds is 1. The summed E-state index contributed by atoms with van der Waals surface area (Å²) >= 11 is 3.58. The van der Waals surface area contributed by atoms with Gasteiger partial charge in [0.25, 0.3) is 0 Å². The van der Waals surface area contributed by atoms with E-state index in [1.165, 1.54) is 6.33 Å². The summed E-state index contributed by atoms with van der Waals surface area (Å²) in [7, 11) is 0. The van der Waals surface area contributed by atoms with Crippen LogP contribution in [0.25, 0.3) is 10.9 Å². The summed E-state index contributed by atoms with van der Waals surface area (Å²) in [4.78, 5) is 22.5. The largest absolute Gasteiger partial charge is 0.444 e. The highest BCUT2D eigenvalue weighted by atomic mass is 79.9. The Morgan fingerprint density at radius 2 is 2.12 bits per heavy atom. The van der Waals surface area contributed by atoms with Crippen molar-refractivity contribution in [1.29, 1.82) is 0 Å². The number of carbonyl (C=O) groups is 1. The fourth-order valence-electron chi connectivity index (χ4n) is 3.14. The number of halogens is 1. The molecule has 1 aromatic carbocycles. The summed E-state index contributed by atoms with van der Waals surface area (Å²) in [6.07, 6.45) is 3.18. The molecule has 7 heteroatoms. The number of anilines is 1. The molecule has 1 aliphatic rings. The maximum absolute atomic E-state index is 12.4. The Balaban J connectivity index is 1.85. The van der Waals surface area contributed by atoms with Gasteiger partial charge in [0, 0.05) is 28.9 Å². The number of hydrogen-bond acceptors (Lipinski definition) is 5. The van der Waals surface area contributed by atoms with E-state index in [4.69, 9.17) is 10.5 Å². The van der Waals surface area contributed by atoms with Crippen LogP contribution < -0.4 is 5.73 Å². The summed E-state index contributed by atoms with van der Waals surface area (Å²) in [6, 6.07) is 4.11. The molecule has 1 atom stereocenters. The Kier molecular flexibility index (Phi) is 4.86. The molecule has 0 spiro atoms. The minimum atomic E-state index is -0.484. The zero-order chi connectivity index (χ0) is 18.2. The van der Waals surface area contributed by atoms with Crippen LogP contribution in [-0.2, 0) is 4.74 Å². The fourth-order valence-corrected chi connectivity index (χ4v) is 3.72. The molecule has 134 valence electrons. The number of aromatic nitrogens is 2. The van der Waals surface area contributed by atoms with Crippen LogP contribution in [0.1, 0.15) is 45.1 Å². The topological polar surface area (TPSA) is 81.3 Å². The van der Waals surface area contributed by atoms with Gasteiger partial charge in [-0.05, 0) is 67.2 Å². The molecule has 2 aromatic rings. The molecule has 1 unspecified atom stereocenters.